The van der Waals surface area contributed by atoms with E-state index in [1.807, 2.05) is 0 Å². The molecule has 120 valence electrons. The lowest BCUT2D eigenvalue weighted by Gasteiger charge is -2.38. The minimum absolute atomic E-state index is 0.397. The van der Waals surface area contributed by atoms with Crippen LogP contribution in [0.2, 0.25) is 0 Å². The Morgan fingerprint density at radius 2 is 1.36 bits per heavy atom. The minimum atomic E-state index is -0.397. The van der Waals surface area contributed by atoms with Crippen LogP contribution in [0.1, 0.15) is 31.9 Å². The van der Waals surface area contributed by atoms with Crippen LogP contribution in [0.5, 0.6) is 0 Å². The summed E-state index contributed by atoms with van der Waals surface area (Å²) in [6, 6.07) is 13.1. The van der Waals surface area contributed by atoms with Crippen LogP contribution in [0.25, 0.3) is 10.8 Å². The van der Waals surface area contributed by atoms with Gasteiger partial charge in [-0.25, -0.2) is 0 Å². The fourth-order valence-electron chi connectivity index (χ4n) is 3.02. The van der Waals surface area contributed by atoms with Gasteiger partial charge in [-0.2, -0.15) is 0 Å². The van der Waals surface area contributed by atoms with Gasteiger partial charge in [0.25, 0.3) is 0 Å². The first-order chi connectivity index (χ1) is 10.7. The molecule has 3 nitrogen and oxygen atoms in total. The highest BCUT2D eigenvalue weighted by atomic mass is 79.9. The summed E-state index contributed by atoms with van der Waals surface area (Å²) in [6.45, 7) is 9.06. The number of alkyl halides is 1. The van der Waals surface area contributed by atoms with Gasteiger partial charge in [-0.3, -0.25) is 16.0 Å². The average molecular weight is 364 g/mol. The van der Waals surface area contributed by atoms with E-state index in [2.05, 4.69) is 89.0 Å². The highest BCUT2D eigenvalue weighted by molar-refractivity contribution is 9.08. The maximum Gasteiger partial charge on any atom is 0.150 e. The maximum absolute atomic E-state index is 3.66. The van der Waals surface area contributed by atoms with Crippen LogP contribution in [0.4, 0.5) is 0 Å². The Hall–Kier alpha value is -0.940. The Balaban J connectivity index is 2.64. The number of fused-ring (bicyclic) bond motifs is 1. The van der Waals surface area contributed by atoms with Crippen LogP contribution in [0, 0.1) is 0 Å². The summed E-state index contributed by atoms with van der Waals surface area (Å²) in [5.41, 5.74) is 2.55. The van der Waals surface area contributed by atoms with Crippen LogP contribution >= 0.6 is 15.9 Å². The highest BCUT2D eigenvalue weighted by Crippen LogP contribution is 2.28. The van der Waals surface area contributed by atoms with Crippen LogP contribution in [-0.4, -0.2) is 19.6 Å². The molecule has 0 spiro atoms. The van der Waals surface area contributed by atoms with Gasteiger partial charge in [0.15, 0.2) is 5.79 Å². The maximum atomic E-state index is 3.66. The van der Waals surface area contributed by atoms with E-state index in [-0.39, 0.29) is 0 Å². The Labute approximate surface area is 142 Å². The molecule has 0 bridgehead atoms. The van der Waals surface area contributed by atoms with E-state index in [9.17, 15) is 0 Å². The molecule has 22 heavy (non-hydrogen) atoms. The van der Waals surface area contributed by atoms with Gasteiger partial charge >= 0.3 is 0 Å². The van der Waals surface area contributed by atoms with Crippen molar-refractivity contribution in [3.8, 4) is 0 Å². The van der Waals surface area contributed by atoms with Crippen molar-refractivity contribution in [1.82, 2.24) is 16.0 Å². The van der Waals surface area contributed by atoms with E-state index in [1.54, 1.807) is 0 Å². The van der Waals surface area contributed by atoms with E-state index in [0.717, 1.165) is 25.0 Å². The van der Waals surface area contributed by atoms with Crippen molar-refractivity contribution >= 4 is 26.7 Å². The molecule has 4 heteroatoms. The zero-order valence-corrected chi connectivity index (χ0v) is 15.3. The van der Waals surface area contributed by atoms with Crippen molar-refractivity contribution in [2.45, 2.75) is 31.9 Å². The van der Waals surface area contributed by atoms with Crippen LogP contribution in [0.3, 0.4) is 0 Å². The Kier molecular flexibility index (Phi) is 6.38. The topological polar surface area (TPSA) is 36.1 Å². The predicted molar refractivity (Wildman–Crippen MR) is 99.3 cm³/mol. The zero-order chi connectivity index (χ0) is 16.0. The summed E-state index contributed by atoms with van der Waals surface area (Å²) in [5.74, 6) is -0.397. The fourth-order valence-corrected chi connectivity index (χ4v) is 3.48. The van der Waals surface area contributed by atoms with Crippen LogP contribution in [0.15, 0.2) is 36.4 Å². The molecule has 3 N–H and O–H groups in total. The second kappa shape index (κ2) is 8.06. The largest absolute Gasteiger partial charge is 0.283 e. The predicted octanol–water partition coefficient (Wildman–Crippen LogP) is 3.67. The van der Waals surface area contributed by atoms with E-state index in [0.29, 0.717) is 0 Å². The number of benzene rings is 2. The summed E-state index contributed by atoms with van der Waals surface area (Å²) >= 11 is 3.66. The molecular weight excluding hydrogens is 338 g/mol. The summed E-state index contributed by atoms with van der Waals surface area (Å²) in [4.78, 5) is 0. The minimum Gasteiger partial charge on any atom is -0.283 e. The molecular formula is C18H26BrN3. The highest BCUT2D eigenvalue weighted by Gasteiger charge is 2.31. The molecule has 0 amide bonds. The monoisotopic (exact) mass is 363 g/mol. The van der Waals surface area contributed by atoms with E-state index in [4.69, 9.17) is 0 Å². The molecule has 0 saturated heterocycles. The molecule has 0 heterocycles. The number of hydrogen-bond acceptors (Lipinski definition) is 3. The lowest BCUT2D eigenvalue weighted by atomic mass is 9.96. The second-order valence-electron chi connectivity index (χ2n) is 5.33. The van der Waals surface area contributed by atoms with Gasteiger partial charge in [0.2, 0.25) is 0 Å². The van der Waals surface area contributed by atoms with E-state index >= 15 is 0 Å². The molecule has 0 fully saturated rings. The number of hydrogen-bond donors (Lipinski definition) is 3. The number of nitrogens with one attached hydrogen (secondary N) is 3. The first kappa shape index (κ1) is 17.4. The fraction of sp³-hybridized carbons (Fsp3) is 0.444. The lowest BCUT2D eigenvalue weighted by molar-refractivity contribution is 0.210. The third-order valence-electron chi connectivity index (χ3n) is 3.85. The molecule has 0 aliphatic carbocycles. The van der Waals surface area contributed by atoms with Crippen LogP contribution in [-0.2, 0) is 11.1 Å². The average Bonchev–Trinajstić information content (AvgIpc) is 2.54. The first-order valence-corrected chi connectivity index (χ1v) is 9.16. The molecule has 0 aromatic heterocycles. The van der Waals surface area contributed by atoms with Gasteiger partial charge < -0.3 is 0 Å². The Bertz CT molecular complexity index is 595. The standard InChI is InChI=1S/C18H26BrN3/c1-4-20-18(21-5-2,22-6-3)17-12-15-10-8-7-9-14(15)11-16(17)13-19/h7-12,20-22H,4-6,13H2,1-3H3. The summed E-state index contributed by atoms with van der Waals surface area (Å²) in [7, 11) is 0. The number of rotatable bonds is 8. The van der Waals surface area contributed by atoms with Crippen molar-refractivity contribution in [2.75, 3.05) is 19.6 Å². The molecule has 0 radical (unpaired) electrons. The molecule has 0 saturated carbocycles. The van der Waals surface area contributed by atoms with E-state index in [1.165, 1.54) is 21.9 Å². The van der Waals surface area contributed by atoms with E-state index < -0.39 is 5.79 Å². The Morgan fingerprint density at radius 3 is 1.82 bits per heavy atom. The van der Waals surface area contributed by atoms with Gasteiger partial charge in [0.1, 0.15) is 0 Å². The Morgan fingerprint density at radius 1 is 0.864 bits per heavy atom. The molecule has 2 aromatic rings. The van der Waals surface area contributed by atoms with Crippen molar-refractivity contribution < 1.29 is 0 Å². The van der Waals surface area contributed by atoms with Crippen molar-refractivity contribution in [3.05, 3.63) is 47.5 Å². The van der Waals surface area contributed by atoms with Gasteiger partial charge in [0.05, 0.1) is 0 Å². The lowest BCUT2D eigenvalue weighted by Crippen LogP contribution is -2.63. The second-order valence-corrected chi connectivity index (χ2v) is 5.89. The quantitative estimate of drug-likeness (QED) is 0.494. The van der Waals surface area contributed by atoms with Crippen molar-refractivity contribution in [2.24, 2.45) is 0 Å². The molecule has 2 rings (SSSR count). The van der Waals surface area contributed by atoms with Gasteiger partial charge in [-0.05, 0) is 48.1 Å². The van der Waals surface area contributed by atoms with Crippen molar-refractivity contribution in [3.63, 3.8) is 0 Å². The molecule has 0 unspecified atom stereocenters. The first-order valence-electron chi connectivity index (χ1n) is 8.03. The normalized spacial score (nSPS) is 12.0. The third-order valence-corrected chi connectivity index (χ3v) is 4.45. The van der Waals surface area contributed by atoms with Crippen molar-refractivity contribution in [1.29, 1.82) is 0 Å². The number of halogens is 1. The molecule has 0 aliphatic heterocycles. The van der Waals surface area contributed by atoms with Gasteiger partial charge in [-0.1, -0.05) is 61.0 Å². The summed E-state index contributed by atoms with van der Waals surface area (Å²) in [5, 5.41) is 14.2. The SMILES string of the molecule is CCNC(NCC)(NCC)c1cc2ccccc2cc1CBr. The smallest absolute Gasteiger partial charge is 0.150 e. The van der Waals surface area contributed by atoms with Crippen LogP contribution < -0.4 is 16.0 Å². The molecule has 2 aromatic carbocycles. The van der Waals surface area contributed by atoms with Gasteiger partial charge in [-0.15, -0.1) is 0 Å². The summed E-state index contributed by atoms with van der Waals surface area (Å²) < 4.78 is 0. The molecule has 0 aliphatic rings. The summed E-state index contributed by atoms with van der Waals surface area (Å²) in [6.07, 6.45) is 0. The molecule has 0 atom stereocenters. The third kappa shape index (κ3) is 3.51. The van der Waals surface area contributed by atoms with Gasteiger partial charge in [0, 0.05) is 10.9 Å². The zero-order valence-electron chi connectivity index (χ0n) is 13.7.